The minimum atomic E-state index is -1.86. The van der Waals surface area contributed by atoms with Crippen LogP contribution in [-0.2, 0) is 9.78 Å². The van der Waals surface area contributed by atoms with Crippen molar-refractivity contribution in [2.45, 2.75) is 52.5 Å². The number of carbonyl (C=O) groups excluding carboxylic acids is 1. The van der Waals surface area contributed by atoms with Crippen LogP contribution in [-0.4, -0.2) is 20.7 Å². The molecule has 0 aliphatic carbocycles. The van der Waals surface area contributed by atoms with E-state index in [1.165, 1.54) is 18.0 Å². The van der Waals surface area contributed by atoms with Crippen molar-refractivity contribution in [1.82, 2.24) is 0 Å². The predicted molar refractivity (Wildman–Crippen MR) is 107 cm³/mol. The lowest BCUT2D eigenvalue weighted by atomic mass is 10.0. The fourth-order valence-corrected chi connectivity index (χ4v) is 5.27. The molecule has 1 rings (SSSR count). The molecule has 0 aliphatic heterocycles. The minimum absolute atomic E-state index is 0.437. The van der Waals surface area contributed by atoms with E-state index in [1.54, 1.807) is 12.1 Å². The van der Waals surface area contributed by atoms with Crippen LogP contribution < -0.4 is 5.19 Å². The number of hydrogen-bond donors (Lipinski definition) is 0. The first-order valence-corrected chi connectivity index (χ1v) is 11.6. The van der Waals surface area contributed by atoms with Crippen LogP contribution in [0.2, 0.25) is 6.04 Å². The van der Waals surface area contributed by atoms with Gasteiger partial charge in [0.25, 0.3) is 0 Å². The summed E-state index contributed by atoms with van der Waals surface area (Å²) < 4.78 is 0. The molecule has 1 atom stereocenters. The Balaban J connectivity index is 2.62. The molecule has 0 radical (unpaired) electrons. The van der Waals surface area contributed by atoms with Crippen molar-refractivity contribution in [3.63, 3.8) is 0 Å². The molecule has 4 heteroatoms. The highest BCUT2D eigenvalue weighted by molar-refractivity contribution is 6.99. The van der Waals surface area contributed by atoms with Gasteiger partial charge in [0.15, 0.2) is 0 Å². The molecule has 0 spiro atoms. The van der Waals surface area contributed by atoms with Crippen LogP contribution in [0.4, 0.5) is 0 Å². The molecule has 0 saturated heterocycles. The smallest absolute Gasteiger partial charge is 0.293 e. The third-order valence-corrected chi connectivity index (χ3v) is 8.99. The van der Waals surface area contributed by atoms with Crippen molar-refractivity contribution >= 4 is 19.2 Å². The molecule has 1 unspecified atom stereocenters. The number of benzene rings is 1. The van der Waals surface area contributed by atoms with Crippen LogP contribution in [0.5, 0.6) is 0 Å². The maximum atomic E-state index is 12.1. The molecule has 0 fully saturated rings. The Hall–Kier alpha value is -1.65. The van der Waals surface area contributed by atoms with Crippen molar-refractivity contribution in [3.8, 4) is 0 Å². The van der Waals surface area contributed by atoms with Gasteiger partial charge in [-0.05, 0) is 30.5 Å². The van der Waals surface area contributed by atoms with Crippen LogP contribution in [0.3, 0.4) is 0 Å². The van der Waals surface area contributed by atoms with E-state index in [1.807, 2.05) is 23.5 Å². The molecule has 3 nitrogen and oxygen atoms in total. The van der Waals surface area contributed by atoms with Gasteiger partial charge in [-0.1, -0.05) is 68.8 Å². The number of hydrogen-bond acceptors (Lipinski definition) is 3. The molecule has 25 heavy (non-hydrogen) atoms. The van der Waals surface area contributed by atoms with Gasteiger partial charge in [0.05, 0.1) is 12.2 Å². The lowest BCUT2D eigenvalue weighted by Gasteiger charge is -2.23. The van der Waals surface area contributed by atoms with Crippen molar-refractivity contribution in [2.75, 3.05) is 6.61 Å². The van der Waals surface area contributed by atoms with E-state index >= 15 is 0 Å². The summed E-state index contributed by atoms with van der Waals surface area (Å²) in [5.41, 5.74) is 4.55. The summed E-state index contributed by atoms with van der Waals surface area (Å²) in [4.78, 5) is 22.3. The Bertz CT molecular complexity index is 543. The second-order valence-electron chi connectivity index (χ2n) is 6.45. The standard InChI is InChI=1S/C21H32O3Si/c1-6-11-12-18(7-2)17-23-24-21(22)19-13-15-20(16-14-19)25(8-3,9-4)10-5/h8-9,13-16,18H,3-4,6-7,10-12,17H2,1-2,5H3. The average Bonchev–Trinajstić information content (AvgIpc) is 2.66. The Labute approximate surface area is 153 Å². The Morgan fingerprint density at radius 3 is 2.28 bits per heavy atom. The third kappa shape index (κ3) is 5.98. The number of carbonyl (C=O) groups is 1. The molecule has 138 valence electrons. The minimum Gasteiger partial charge on any atom is -0.293 e. The largest absolute Gasteiger partial charge is 0.373 e. The number of unbranched alkanes of at least 4 members (excludes halogenated alkanes) is 1. The van der Waals surface area contributed by atoms with Crippen molar-refractivity contribution in [2.24, 2.45) is 5.92 Å². The van der Waals surface area contributed by atoms with E-state index in [0.29, 0.717) is 18.1 Å². The van der Waals surface area contributed by atoms with Gasteiger partial charge in [-0.2, -0.15) is 4.89 Å². The van der Waals surface area contributed by atoms with E-state index in [9.17, 15) is 4.79 Å². The first-order valence-electron chi connectivity index (χ1n) is 9.28. The molecule has 0 heterocycles. The van der Waals surface area contributed by atoms with E-state index in [-0.39, 0.29) is 0 Å². The van der Waals surface area contributed by atoms with Gasteiger partial charge in [-0.15, -0.1) is 13.2 Å². The van der Waals surface area contributed by atoms with Crippen molar-refractivity contribution in [1.29, 1.82) is 0 Å². The highest BCUT2D eigenvalue weighted by Gasteiger charge is 2.26. The summed E-state index contributed by atoms with van der Waals surface area (Å²) in [6, 6.07) is 8.54. The molecule has 0 amide bonds. The Morgan fingerprint density at radius 1 is 1.16 bits per heavy atom. The Morgan fingerprint density at radius 2 is 1.80 bits per heavy atom. The maximum Gasteiger partial charge on any atom is 0.373 e. The molecule has 0 aliphatic rings. The zero-order valence-electron chi connectivity index (χ0n) is 15.9. The fraction of sp³-hybridized carbons (Fsp3) is 0.476. The molecule has 0 saturated carbocycles. The summed E-state index contributed by atoms with van der Waals surface area (Å²) in [5, 5.41) is 1.20. The molecule has 0 N–H and O–H groups in total. The lowest BCUT2D eigenvalue weighted by Crippen LogP contribution is -2.43. The normalized spacial score (nSPS) is 12.4. The van der Waals surface area contributed by atoms with E-state index in [4.69, 9.17) is 9.78 Å². The van der Waals surface area contributed by atoms with Crippen LogP contribution in [0.15, 0.2) is 48.8 Å². The second-order valence-corrected chi connectivity index (χ2v) is 10.6. The molecule has 0 bridgehead atoms. The summed E-state index contributed by atoms with van der Waals surface area (Å²) in [6.07, 6.45) is 4.47. The van der Waals surface area contributed by atoms with E-state index in [0.717, 1.165) is 18.9 Å². The fourth-order valence-electron chi connectivity index (χ4n) is 2.86. The predicted octanol–water partition coefficient (Wildman–Crippen LogP) is 5.12. The SMILES string of the molecule is C=C[Si](C=C)(CC)c1ccc(C(=O)OOCC(CC)CCCC)cc1. The van der Waals surface area contributed by atoms with E-state index < -0.39 is 14.0 Å². The highest BCUT2D eigenvalue weighted by atomic mass is 28.3. The quantitative estimate of drug-likeness (QED) is 0.295. The Kier molecular flexibility index (Phi) is 9.46. The first-order chi connectivity index (χ1) is 12.1. The van der Waals surface area contributed by atoms with Gasteiger partial charge < -0.3 is 0 Å². The molecule has 1 aromatic carbocycles. The van der Waals surface area contributed by atoms with Crippen molar-refractivity contribution < 1.29 is 14.6 Å². The zero-order valence-corrected chi connectivity index (χ0v) is 16.9. The molecule has 0 aromatic heterocycles. The highest BCUT2D eigenvalue weighted by Crippen LogP contribution is 2.15. The monoisotopic (exact) mass is 360 g/mol. The summed E-state index contributed by atoms with van der Waals surface area (Å²) in [7, 11) is -1.86. The third-order valence-electron chi connectivity index (χ3n) is 4.95. The topological polar surface area (TPSA) is 35.5 Å². The van der Waals surface area contributed by atoms with Crippen LogP contribution in [0.25, 0.3) is 0 Å². The van der Waals surface area contributed by atoms with Gasteiger partial charge in [0.2, 0.25) is 0 Å². The van der Waals surface area contributed by atoms with Crippen LogP contribution in [0, 0.1) is 5.92 Å². The summed E-state index contributed by atoms with van der Waals surface area (Å²) >= 11 is 0. The van der Waals surface area contributed by atoms with Crippen LogP contribution >= 0.6 is 0 Å². The second kappa shape index (κ2) is 11.1. The molecular weight excluding hydrogens is 328 g/mol. The van der Waals surface area contributed by atoms with Gasteiger partial charge in [0.1, 0.15) is 8.07 Å². The van der Waals surface area contributed by atoms with Gasteiger partial charge >= 0.3 is 5.97 Å². The number of rotatable bonds is 12. The van der Waals surface area contributed by atoms with Gasteiger partial charge in [-0.3, -0.25) is 4.89 Å². The van der Waals surface area contributed by atoms with E-state index in [2.05, 4.69) is 33.9 Å². The summed E-state index contributed by atoms with van der Waals surface area (Å²) in [5.74, 6) is -0.00987. The molecule has 1 aromatic rings. The summed E-state index contributed by atoms with van der Waals surface area (Å²) in [6.45, 7) is 14.9. The van der Waals surface area contributed by atoms with Crippen molar-refractivity contribution in [3.05, 3.63) is 54.4 Å². The average molecular weight is 361 g/mol. The van der Waals surface area contributed by atoms with Crippen LogP contribution in [0.1, 0.15) is 56.8 Å². The lowest BCUT2D eigenvalue weighted by molar-refractivity contribution is -0.249. The van der Waals surface area contributed by atoms with Gasteiger partial charge in [-0.25, -0.2) is 4.79 Å². The maximum absolute atomic E-state index is 12.1. The molecular formula is C21H32O3Si. The van der Waals surface area contributed by atoms with Gasteiger partial charge in [0, 0.05) is 0 Å². The zero-order chi connectivity index (χ0) is 18.7. The first kappa shape index (κ1) is 21.4.